The number of hydrogen-bond acceptors (Lipinski definition) is 20. The van der Waals surface area contributed by atoms with Crippen molar-refractivity contribution in [2.45, 2.75) is 110 Å². The van der Waals surface area contributed by atoms with Crippen molar-refractivity contribution in [3.8, 4) is 34.5 Å². The van der Waals surface area contributed by atoms with Crippen LogP contribution < -0.4 is 33.4 Å². The Morgan fingerprint density at radius 2 is 0.977 bits per heavy atom. The normalized spacial score (nSPS) is 16.4. The van der Waals surface area contributed by atoms with Gasteiger partial charge in [-0.1, -0.05) is 69.4 Å². The summed E-state index contributed by atoms with van der Waals surface area (Å²) < 4.78 is 51.9. The van der Waals surface area contributed by atoms with Gasteiger partial charge in [0.15, 0.2) is 0 Å². The fraction of sp³-hybridized carbons (Fsp3) is 0.418. The van der Waals surface area contributed by atoms with Gasteiger partial charge in [-0.3, -0.25) is 19.2 Å². The highest BCUT2D eigenvalue weighted by atomic mass is 32.1. The largest absolute Gasteiger partial charge is 0.494 e. The maximum atomic E-state index is 14.1. The van der Waals surface area contributed by atoms with E-state index in [1.165, 1.54) is 42.2 Å². The van der Waals surface area contributed by atoms with E-state index < -0.39 is 65.4 Å². The number of unbranched alkanes of at least 4 members (excludes halogenated alkanes) is 6. The molecule has 2 aliphatic rings. The van der Waals surface area contributed by atoms with Crippen molar-refractivity contribution < 1.29 is 76.2 Å². The number of hydrogen-bond donors (Lipinski definition) is 0. The topological polar surface area (TPSA) is 231 Å². The first-order valence-electron chi connectivity index (χ1n) is 29.8. The molecule has 0 aliphatic heterocycles. The first-order chi connectivity index (χ1) is 42.3. The molecule has 4 aromatic carbocycles. The number of benzene rings is 4. The Balaban J connectivity index is 1.00. The molecule has 0 unspecified atom stereocenters. The Kier molecular flexibility index (Phi) is 26.6. The predicted octanol–water partition coefficient (Wildman–Crippen LogP) is 12.5. The van der Waals surface area contributed by atoms with Crippen molar-refractivity contribution in [1.29, 1.82) is 0 Å². The van der Waals surface area contributed by atoms with E-state index in [0.29, 0.717) is 105 Å². The minimum Gasteiger partial charge on any atom is -0.494 e. The molecule has 87 heavy (non-hydrogen) atoms. The number of rotatable bonds is 34. The summed E-state index contributed by atoms with van der Waals surface area (Å²) in [7, 11) is 0. The van der Waals surface area contributed by atoms with Gasteiger partial charge in [0.05, 0.1) is 79.7 Å². The summed E-state index contributed by atoms with van der Waals surface area (Å²) in [5.41, 5.74) is 0.939. The van der Waals surface area contributed by atoms with E-state index in [4.69, 9.17) is 52.7 Å². The molecule has 0 saturated heterocycles. The fourth-order valence-corrected chi connectivity index (χ4v) is 10.7. The lowest BCUT2D eigenvalue weighted by molar-refractivity contribution is -0.145. The van der Waals surface area contributed by atoms with Crippen molar-refractivity contribution in [2.24, 2.45) is 34.7 Å². The predicted molar refractivity (Wildman–Crippen MR) is 328 cm³/mol. The molecule has 5 aromatic rings. The van der Waals surface area contributed by atoms with Gasteiger partial charge in [-0.2, -0.15) is 5.10 Å². The van der Waals surface area contributed by atoms with Gasteiger partial charge >= 0.3 is 41.8 Å². The number of aromatic nitrogens is 1. The average Bonchev–Trinajstić information content (AvgIpc) is 4.25. The number of hydrazone groups is 1. The number of anilines is 1. The summed E-state index contributed by atoms with van der Waals surface area (Å²) in [6.45, 7) is 13.6. The molecule has 19 nitrogen and oxygen atoms in total. The van der Waals surface area contributed by atoms with Crippen LogP contribution in [0, 0.1) is 29.6 Å². The van der Waals surface area contributed by atoms with E-state index in [9.17, 15) is 33.6 Å². The molecule has 0 radical (unpaired) electrons. The zero-order valence-corrected chi connectivity index (χ0v) is 50.1. The van der Waals surface area contributed by atoms with Crippen LogP contribution in [0.25, 0.3) is 10.2 Å². The third kappa shape index (κ3) is 21.7. The lowest BCUT2D eigenvalue weighted by atomic mass is 9.82. The molecule has 2 fully saturated rings. The molecule has 0 N–H and O–H groups in total. The fourth-order valence-electron chi connectivity index (χ4n) is 9.80. The summed E-state index contributed by atoms with van der Waals surface area (Å²) in [5.74, 6) is -3.77. The van der Waals surface area contributed by atoms with Crippen molar-refractivity contribution >= 4 is 74.7 Å². The molecule has 0 spiro atoms. The number of carbonyl (C=O) groups excluding carboxylic acids is 7. The van der Waals surface area contributed by atoms with Crippen molar-refractivity contribution in [3.63, 3.8) is 0 Å². The van der Waals surface area contributed by atoms with Crippen LogP contribution in [0.2, 0.25) is 0 Å². The van der Waals surface area contributed by atoms with Crippen molar-refractivity contribution in [3.05, 3.63) is 135 Å². The van der Waals surface area contributed by atoms with Gasteiger partial charge in [0, 0.05) is 29.7 Å². The van der Waals surface area contributed by atoms with Gasteiger partial charge in [0.1, 0.15) is 34.5 Å². The Hall–Kier alpha value is -8.65. The van der Waals surface area contributed by atoms with Crippen LogP contribution in [0.3, 0.4) is 0 Å². The number of fused-ring (bicyclic) bond motifs is 1. The van der Waals surface area contributed by atoms with Crippen LogP contribution in [0.1, 0.15) is 115 Å². The zero-order chi connectivity index (χ0) is 61.8. The molecule has 1 aromatic heterocycles. The van der Waals surface area contributed by atoms with Gasteiger partial charge in [0.2, 0.25) is 5.13 Å². The monoisotopic (exact) mass is 1210 g/mol. The van der Waals surface area contributed by atoms with Crippen molar-refractivity contribution in [2.75, 3.05) is 44.6 Å². The lowest BCUT2D eigenvalue weighted by Gasteiger charge is -2.26. The number of para-hydroxylation sites is 1. The summed E-state index contributed by atoms with van der Waals surface area (Å²) in [5, 5.41) is 6.83. The summed E-state index contributed by atoms with van der Waals surface area (Å²) in [6.07, 6.45) is 15.5. The molecular weight excluding hydrogens is 1130 g/mol. The number of thiazole rings is 1. The summed E-state index contributed by atoms with van der Waals surface area (Å²) in [4.78, 5) is 95.1. The minimum atomic E-state index is -0.681. The van der Waals surface area contributed by atoms with Crippen LogP contribution in [-0.4, -0.2) is 92.6 Å². The number of ether oxygens (including phenoxy) is 9. The Labute approximate surface area is 511 Å². The number of carbonyl (C=O) groups is 7. The van der Waals surface area contributed by atoms with Crippen LogP contribution in [0.15, 0.2) is 134 Å². The quantitative estimate of drug-likeness (QED) is 0.00708. The second-order valence-electron chi connectivity index (χ2n) is 21.3. The molecule has 7 rings (SSSR count). The first kappa shape index (κ1) is 65.9. The highest BCUT2D eigenvalue weighted by molar-refractivity contribution is 7.22. The van der Waals surface area contributed by atoms with Crippen molar-refractivity contribution in [1.82, 2.24) is 4.98 Å². The average molecular weight is 1210 g/mol. The van der Waals surface area contributed by atoms with Crippen LogP contribution in [-0.2, 0) is 47.8 Å². The maximum absolute atomic E-state index is 14.1. The highest BCUT2D eigenvalue weighted by Gasteiger charge is 2.34. The molecule has 20 heteroatoms. The van der Waals surface area contributed by atoms with Crippen LogP contribution in [0.4, 0.5) is 5.13 Å². The second-order valence-corrected chi connectivity index (χ2v) is 22.3. The zero-order valence-electron chi connectivity index (χ0n) is 49.3. The Bertz CT molecular complexity index is 3090. The van der Waals surface area contributed by atoms with E-state index >= 15 is 0 Å². The van der Waals surface area contributed by atoms with Gasteiger partial charge < -0.3 is 42.6 Å². The second kappa shape index (κ2) is 35.1. The standard InChI is InChI=1S/C67H77N3O16S/c1-5-9-10-15-38-78-52-28-32-54(33-29-52)83-63(74)47-20-22-49(23-21-47)65(76)85-56-36-37-58(51(41-56)42-68-70(67-69-57-18-13-14-19-59(57)87-67)43-46(44-81-61(72)7-3)45-82-62(73)8-4)86-66(77)50-26-24-48(25-27-50)64(75)84-55-34-30-53(31-35-55)79-39-16-11-12-17-40-80-60(71)6-2/h6-8,13-14,18-19,28-37,41-42,46-50H,2-5,9-12,15-17,20-27,38-40,43-45H2,1H3/b68-42+. The van der Waals surface area contributed by atoms with E-state index in [2.05, 4.69) is 26.7 Å². The Morgan fingerprint density at radius 1 is 0.540 bits per heavy atom. The molecule has 2 saturated carbocycles. The number of esters is 7. The minimum absolute atomic E-state index is 0.0123. The Morgan fingerprint density at radius 3 is 1.47 bits per heavy atom. The number of nitrogens with zero attached hydrogens (tertiary/aromatic N) is 3. The molecule has 0 atom stereocenters. The lowest BCUT2D eigenvalue weighted by Crippen LogP contribution is -2.32. The molecule has 1 heterocycles. The van der Waals surface area contributed by atoms with Gasteiger partial charge in [-0.15, -0.1) is 0 Å². The molecular formula is C67H77N3O16S. The van der Waals surface area contributed by atoms with Crippen LogP contribution in [0.5, 0.6) is 34.5 Å². The van der Waals surface area contributed by atoms with E-state index in [1.807, 2.05) is 24.3 Å². The summed E-state index contributed by atoms with van der Waals surface area (Å²) in [6, 6.07) is 25.9. The summed E-state index contributed by atoms with van der Waals surface area (Å²) >= 11 is 1.33. The first-order valence-corrected chi connectivity index (χ1v) is 30.6. The van der Waals surface area contributed by atoms with Gasteiger partial charge in [-0.25, -0.2) is 24.4 Å². The van der Waals surface area contributed by atoms with Gasteiger partial charge in [0.25, 0.3) is 0 Å². The third-order valence-electron chi connectivity index (χ3n) is 14.8. The van der Waals surface area contributed by atoms with Gasteiger partial charge in [-0.05, 0) is 162 Å². The highest BCUT2D eigenvalue weighted by Crippen LogP contribution is 2.36. The van der Waals surface area contributed by atoms with Crippen LogP contribution >= 0.6 is 11.3 Å². The molecule has 0 amide bonds. The molecule has 2 aliphatic carbocycles. The maximum Gasteiger partial charge on any atom is 0.330 e. The third-order valence-corrected chi connectivity index (χ3v) is 15.8. The molecule has 462 valence electrons. The van der Waals surface area contributed by atoms with E-state index in [0.717, 1.165) is 67.9 Å². The SMILES string of the molecule is C=CC(=O)OCCCCCCOc1ccc(OC(=O)C2CCC(C(=O)Oc3ccc(OC(=O)C4CCC(C(=O)Oc5ccc(OCCCCCC)cc5)CC4)cc3/C=N/N(CC(COC(=O)C=C)COC(=O)C=C)c3nc4ccccc4s3)CC2)cc1. The smallest absolute Gasteiger partial charge is 0.330 e. The molecule has 0 bridgehead atoms. The van der Waals surface area contributed by atoms with E-state index in [1.54, 1.807) is 53.5 Å². The van der Waals surface area contributed by atoms with E-state index in [-0.39, 0.29) is 42.8 Å².